The van der Waals surface area contributed by atoms with Gasteiger partial charge in [-0.25, -0.2) is 4.79 Å². The number of nitrogens with one attached hydrogen (secondary N) is 1. The topological polar surface area (TPSA) is 114 Å². The molecule has 1 unspecified atom stereocenters. The lowest BCUT2D eigenvalue weighted by atomic mass is 9.96. The maximum Gasteiger partial charge on any atom is 0.338 e. The summed E-state index contributed by atoms with van der Waals surface area (Å²) >= 11 is 0. The van der Waals surface area contributed by atoms with Crippen molar-refractivity contribution in [2.24, 2.45) is 0 Å². The summed E-state index contributed by atoms with van der Waals surface area (Å²) in [6.45, 7) is 0.947. The molecule has 2 aromatic rings. The van der Waals surface area contributed by atoms with Crippen molar-refractivity contribution in [3.63, 3.8) is 0 Å². The van der Waals surface area contributed by atoms with Gasteiger partial charge in [-0.2, -0.15) is 0 Å². The Balaban J connectivity index is 1.82. The van der Waals surface area contributed by atoms with E-state index < -0.39 is 49.1 Å². The van der Waals surface area contributed by atoms with Crippen LogP contribution < -0.4 is 5.32 Å². The highest BCUT2D eigenvalue weighted by Gasteiger charge is 2.48. The summed E-state index contributed by atoms with van der Waals surface area (Å²) in [5.74, 6) is -1.08. The number of carbonyl (C=O) groups is 2. The number of hydrogen-bond donors (Lipinski definition) is 3. The minimum atomic E-state index is -1.36. The van der Waals surface area contributed by atoms with Gasteiger partial charge in [0, 0.05) is 6.92 Å². The van der Waals surface area contributed by atoms with Crippen molar-refractivity contribution in [3.8, 4) is 0 Å². The smallest absolute Gasteiger partial charge is 0.338 e. The molecule has 0 bridgehead atoms. The molecule has 3 N–H and O–H groups in total. The second-order valence-corrected chi connectivity index (χ2v) is 6.97. The van der Waals surface area contributed by atoms with E-state index in [2.05, 4.69) is 5.32 Å². The van der Waals surface area contributed by atoms with Crippen LogP contribution in [0.4, 0.5) is 0 Å². The number of esters is 1. The summed E-state index contributed by atoms with van der Waals surface area (Å²) in [6, 6.07) is 16.6. The molecule has 5 atom stereocenters. The van der Waals surface area contributed by atoms with Crippen molar-refractivity contribution < 1.29 is 34.0 Å². The van der Waals surface area contributed by atoms with E-state index >= 15 is 0 Å². The maximum atomic E-state index is 12.6. The van der Waals surface area contributed by atoms with Gasteiger partial charge in [-0.3, -0.25) is 4.79 Å². The zero-order valence-electron chi connectivity index (χ0n) is 16.5. The number of carbonyl (C=O) groups excluding carboxylic acids is 2. The first-order valence-corrected chi connectivity index (χ1v) is 9.62. The fourth-order valence-electron chi connectivity index (χ4n) is 3.26. The van der Waals surface area contributed by atoms with E-state index in [1.807, 2.05) is 30.3 Å². The highest BCUT2D eigenvalue weighted by molar-refractivity contribution is 5.89. The van der Waals surface area contributed by atoms with E-state index in [-0.39, 0.29) is 6.61 Å². The van der Waals surface area contributed by atoms with Crippen LogP contribution in [0.5, 0.6) is 0 Å². The molecule has 0 radical (unpaired) electrons. The van der Waals surface area contributed by atoms with Crippen LogP contribution in [0.25, 0.3) is 0 Å². The molecule has 1 saturated heterocycles. The quantitative estimate of drug-likeness (QED) is 0.578. The standard InChI is InChI=1S/C22H25NO7/c1-14(25)23-18-20(30-21(27)16-10-6-3-7-11-16)19(26)17(12-24)29-22(18)28-13-15-8-4-2-5-9-15/h2-11,17-20,22,24,26H,12-13H2,1H3,(H,23,25)/t17-,18-,19-,20-,22?/m1/s1. The summed E-state index contributed by atoms with van der Waals surface area (Å²) < 4.78 is 17.0. The Morgan fingerprint density at radius 1 is 1.07 bits per heavy atom. The summed E-state index contributed by atoms with van der Waals surface area (Å²) in [4.78, 5) is 24.4. The molecule has 1 aliphatic rings. The Kier molecular flexibility index (Phi) is 7.53. The minimum Gasteiger partial charge on any atom is -0.453 e. The Hall–Kier alpha value is -2.78. The minimum absolute atomic E-state index is 0.162. The van der Waals surface area contributed by atoms with Crippen LogP contribution >= 0.6 is 0 Å². The third kappa shape index (κ3) is 5.43. The van der Waals surface area contributed by atoms with Gasteiger partial charge >= 0.3 is 5.97 Å². The van der Waals surface area contributed by atoms with Crippen LogP contribution in [0.15, 0.2) is 60.7 Å². The number of benzene rings is 2. The number of aliphatic hydroxyl groups is 2. The van der Waals surface area contributed by atoms with Crippen LogP contribution in [0, 0.1) is 0 Å². The van der Waals surface area contributed by atoms with Gasteiger partial charge in [-0.05, 0) is 17.7 Å². The van der Waals surface area contributed by atoms with Gasteiger partial charge in [-0.1, -0.05) is 48.5 Å². The van der Waals surface area contributed by atoms with Crippen LogP contribution in [0.1, 0.15) is 22.8 Å². The SMILES string of the molecule is CC(=O)N[C@H]1C(OCc2ccccc2)O[C@H](CO)[C@@H](O)[C@@H]1OC(=O)c1ccccc1. The fraction of sp³-hybridized carbons (Fsp3) is 0.364. The van der Waals surface area contributed by atoms with Crippen molar-refractivity contribution in [2.45, 2.75) is 44.2 Å². The van der Waals surface area contributed by atoms with Crippen molar-refractivity contribution in [1.82, 2.24) is 5.32 Å². The monoisotopic (exact) mass is 415 g/mol. The molecule has 1 aliphatic heterocycles. The Bertz CT molecular complexity index is 830. The zero-order valence-corrected chi connectivity index (χ0v) is 16.5. The second-order valence-electron chi connectivity index (χ2n) is 6.97. The average molecular weight is 415 g/mol. The average Bonchev–Trinajstić information content (AvgIpc) is 2.76. The number of ether oxygens (including phenoxy) is 3. The van der Waals surface area contributed by atoms with Gasteiger partial charge in [0.05, 0.1) is 18.8 Å². The van der Waals surface area contributed by atoms with Crippen molar-refractivity contribution in [1.29, 1.82) is 0 Å². The lowest BCUT2D eigenvalue weighted by molar-refractivity contribution is -0.273. The van der Waals surface area contributed by atoms with Crippen molar-refractivity contribution >= 4 is 11.9 Å². The predicted octanol–water partition coefficient (Wildman–Crippen LogP) is 1.01. The molecule has 8 nitrogen and oxygen atoms in total. The van der Waals surface area contributed by atoms with Gasteiger partial charge in [0.25, 0.3) is 0 Å². The molecule has 0 aromatic heterocycles. The largest absolute Gasteiger partial charge is 0.453 e. The van der Waals surface area contributed by atoms with Crippen molar-refractivity contribution in [2.75, 3.05) is 6.61 Å². The number of amides is 1. The first-order valence-electron chi connectivity index (χ1n) is 9.62. The normalized spacial score (nSPS) is 26.0. The predicted molar refractivity (Wildman–Crippen MR) is 106 cm³/mol. The van der Waals surface area contributed by atoms with Crippen LogP contribution in [-0.4, -0.2) is 59.3 Å². The first kappa shape index (κ1) is 21.9. The highest BCUT2D eigenvalue weighted by atomic mass is 16.7. The van der Waals surface area contributed by atoms with Gasteiger partial charge < -0.3 is 29.7 Å². The zero-order chi connectivity index (χ0) is 21.5. The number of hydrogen-bond acceptors (Lipinski definition) is 7. The summed E-state index contributed by atoms with van der Waals surface area (Å²) in [5.41, 5.74) is 1.16. The molecule has 8 heteroatoms. The van der Waals surface area contributed by atoms with Crippen molar-refractivity contribution in [3.05, 3.63) is 71.8 Å². The number of rotatable bonds is 7. The fourth-order valence-corrected chi connectivity index (χ4v) is 3.26. The molecular formula is C22H25NO7. The number of aliphatic hydroxyl groups excluding tert-OH is 2. The van der Waals surface area contributed by atoms with Gasteiger partial charge in [0.1, 0.15) is 18.2 Å². The first-order chi connectivity index (χ1) is 14.5. The van der Waals surface area contributed by atoms with E-state index in [1.54, 1.807) is 30.3 Å². The van der Waals surface area contributed by atoms with E-state index in [9.17, 15) is 19.8 Å². The van der Waals surface area contributed by atoms with Crippen LogP contribution in [0.3, 0.4) is 0 Å². The Labute approximate surface area is 174 Å². The molecule has 30 heavy (non-hydrogen) atoms. The van der Waals surface area contributed by atoms with E-state index in [0.29, 0.717) is 5.56 Å². The maximum absolute atomic E-state index is 12.6. The molecule has 0 saturated carbocycles. The lowest BCUT2D eigenvalue weighted by Crippen LogP contribution is -2.65. The van der Waals surface area contributed by atoms with Gasteiger partial charge in [0.2, 0.25) is 5.91 Å². The van der Waals surface area contributed by atoms with Crippen LogP contribution in [-0.2, 0) is 25.6 Å². The second kappa shape index (κ2) is 10.3. The molecule has 3 rings (SSSR count). The van der Waals surface area contributed by atoms with Crippen LogP contribution in [0.2, 0.25) is 0 Å². The highest BCUT2D eigenvalue weighted by Crippen LogP contribution is 2.26. The van der Waals surface area contributed by atoms with E-state index in [4.69, 9.17) is 14.2 Å². The molecule has 2 aromatic carbocycles. The molecule has 1 amide bonds. The molecule has 160 valence electrons. The lowest BCUT2D eigenvalue weighted by Gasteiger charge is -2.43. The van der Waals surface area contributed by atoms with E-state index in [0.717, 1.165) is 5.56 Å². The summed E-state index contributed by atoms with van der Waals surface area (Å²) in [7, 11) is 0. The molecule has 1 fully saturated rings. The third-order valence-corrected chi connectivity index (χ3v) is 4.73. The Morgan fingerprint density at radius 3 is 2.30 bits per heavy atom. The molecule has 1 heterocycles. The van der Waals surface area contributed by atoms with Gasteiger partial charge in [-0.15, -0.1) is 0 Å². The summed E-state index contributed by atoms with van der Waals surface area (Å²) in [5, 5.41) is 22.9. The third-order valence-electron chi connectivity index (χ3n) is 4.73. The van der Waals surface area contributed by atoms with E-state index in [1.165, 1.54) is 6.92 Å². The molecule has 0 aliphatic carbocycles. The molecular weight excluding hydrogens is 390 g/mol. The molecule has 0 spiro atoms. The summed E-state index contributed by atoms with van der Waals surface area (Å²) in [6.07, 6.45) is -4.66. The Morgan fingerprint density at radius 2 is 1.70 bits per heavy atom. The van der Waals surface area contributed by atoms with Gasteiger partial charge in [0.15, 0.2) is 12.4 Å².